The molecule has 0 saturated heterocycles. The summed E-state index contributed by atoms with van der Waals surface area (Å²) in [6, 6.07) is 0.181. The zero-order valence-corrected chi connectivity index (χ0v) is 9.76. The minimum Gasteiger partial charge on any atom is -0.380 e. The molecule has 0 aliphatic carbocycles. The summed E-state index contributed by atoms with van der Waals surface area (Å²) in [5.74, 6) is 0.509. The molecule has 0 bridgehead atoms. The van der Waals surface area contributed by atoms with Crippen LogP contribution < -0.4 is 5.73 Å². The molecule has 0 aliphatic rings. The van der Waals surface area contributed by atoms with Gasteiger partial charge in [-0.25, -0.2) is 0 Å². The third kappa shape index (κ3) is 8.26. The molecule has 0 radical (unpaired) electrons. The lowest BCUT2D eigenvalue weighted by Gasteiger charge is -2.20. The van der Waals surface area contributed by atoms with Gasteiger partial charge in [0.15, 0.2) is 0 Å². The van der Waals surface area contributed by atoms with Gasteiger partial charge in [-0.05, 0) is 17.8 Å². The second-order valence-electron chi connectivity index (χ2n) is 5.29. The minimum atomic E-state index is 0.181. The molecule has 2 N–H and O–H groups in total. The van der Waals surface area contributed by atoms with Crippen LogP contribution in [0.1, 0.15) is 41.0 Å². The Morgan fingerprint density at radius 2 is 1.77 bits per heavy atom. The highest BCUT2D eigenvalue weighted by molar-refractivity contribution is 4.65. The van der Waals surface area contributed by atoms with Gasteiger partial charge in [0.1, 0.15) is 0 Å². The molecule has 0 heterocycles. The summed E-state index contributed by atoms with van der Waals surface area (Å²) in [5, 5.41) is 0. The van der Waals surface area contributed by atoms with Gasteiger partial charge in [-0.1, -0.05) is 34.6 Å². The van der Waals surface area contributed by atoms with Gasteiger partial charge in [0.05, 0.1) is 6.61 Å². The predicted molar refractivity (Wildman–Crippen MR) is 57.7 cm³/mol. The average Bonchev–Trinajstić information content (AvgIpc) is 1.95. The Kier molecular flexibility index (Phi) is 5.57. The highest BCUT2D eigenvalue weighted by Crippen LogP contribution is 2.17. The normalized spacial score (nSPS) is 15.0. The van der Waals surface area contributed by atoms with E-state index in [1.54, 1.807) is 0 Å². The Morgan fingerprint density at radius 1 is 1.23 bits per heavy atom. The molecule has 2 nitrogen and oxygen atoms in total. The van der Waals surface area contributed by atoms with Crippen molar-refractivity contribution in [2.45, 2.75) is 47.1 Å². The number of rotatable bonds is 5. The number of nitrogens with two attached hydrogens (primary N) is 1. The molecule has 0 rings (SSSR count). The molecule has 0 aromatic rings. The van der Waals surface area contributed by atoms with Gasteiger partial charge >= 0.3 is 0 Å². The molecule has 13 heavy (non-hydrogen) atoms. The summed E-state index contributed by atoms with van der Waals surface area (Å²) in [4.78, 5) is 0. The summed E-state index contributed by atoms with van der Waals surface area (Å²) in [7, 11) is 0. The fourth-order valence-electron chi connectivity index (χ4n) is 0.790. The average molecular weight is 187 g/mol. The van der Waals surface area contributed by atoms with Crippen LogP contribution in [-0.4, -0.2) is 19.3 Å². The first-order valence-electron chi connectivity index (χ1n) is 5.16. The lowest BCUT2D eigenvalue weighted by Crippen LogP contribution is -2.32. The second kappa shape index (κ2) is 5.61. The van der Waals surface area contributed by atoms with E-state index in [1.807, 2.05) is 0 Å². The van der Waals surface area contributed by atoms with Gasteiger partial charge in [0.2, 0.25) is 0 Å². The van der Waals surface area contributed by atoms with Gasteiger partial charge in [-0.15, -0.1) is 0 Å². The molecule has 0 aliphatic heterocycles. The number of hydrogen-bond donors (Lipinski definition) is 1. The highest BCUT2D eigenvalue weighted by atomic mass is 16.5. The van der Waals surface area contributed by atoms with Crippen molar-refractivity contribution in [1.29, 1.82) is 0 Å². The molecule has 0 spiro atoms. The second-order valence-corrected chi connectivity index (χ2v) is 5.29. The van der Waals surface area contributed by atoms with E-state index >= 15 is 0 Å². The fraction of sp³-hybridized carbons (Fsp3) is 1.00. The van der Waals surface area contributed by atoms with E-state index in [4.69, 9.17) is 10.5 Å². The maximum atomic E-state index is 5.84. The van der Waals surface area contributed by atoms with E-state index < -0.39 is 0 Å². The summed E-state index contributed by atoms with van der Waals surface area (Å²) in [6.07, 6.45) is 1.10. The summed E-state index contributed by atoms with van der Waals surface area (Å²) in [6.45, 7) is 12.4. The Labute approximate surface area is 82.8 Å². The predicted octanol–water partition coefficient (Wildman–Crippen LogP) is 2.42. The quantitative estimate of drug-likeness (QED) is 0.671. The Bertz CT molecular complexity index is 127. The lowest BCUT2D eigenvalue weighted by molar-refractivity contribution is 0.0887. The SMILES string of the molecule is CC(C)C(N)COCCC(C)(C)C. The fourth-order valence-corrected chi connectivity index (χ4v) is 0.790. The van der Waals surface area contributed by atoms with Crippen LogP contribution in [0.15, 0.2) is 0 Å². The summed E-state index contributed by atoms with van der Waals surface area (Å²) >= 11 is 0. The molecular weight excluding hydrogens is 162 g/mol. The van der Waals surface area contributed by atoms with Gasteiger partial charge in [-0.3, -0.25) is 0 Å². The van der Waals surface area contributed by atoms with Crippen molar-refractivity contribution in [1.82, 2.24) is 0 Å². The van der Waals surface area contributed by atoms with Crippen LogP contribution >= 0.6 is 0 Å². The van der Waals surface area contributed by atoms with Gasteiger partial charge in [0, 0.05) is 12.6 Å². The molecule has 0 aromatic carbocycles. The van der Waals surface area contributed by atoms with E-state index in [2.05, 4.69) is 34.6 Å². The van der Waals surface area contributed by atoms with Gasteiger partial charge in [0.25, 0.3) is 0 Å². The topological polar surface area (TPSA) is 35.2 Å². The molecule has 0 aromatic heterocycles. The highest BCUT2D eigenvalue weighted by Gasteiger charge is 2.11. The van der Waals surface area contributed by atoms with Crippen molar-refractivity contribution in [2.75, 3.05) is 13.2 Å². The molecule has 2 heteroatoms. The van der Waals surface area contributed by atoms with Crippen molar-refractivity contribution < 1.29 is 4.74 Å². The smallest absolute Gasteiger partial charge is 0.0619 e. The van der Waals surface area contributed by atoms with Crippen molar-refractivity contribution in [3.8, 4) is 0 Å². The molecule has 0 fully saturated rings. The van der Waals surface area contributed by atoms with Crippen LogP contribution in [0.5, 0.6) is 0 Å². The van der Waals surface area contributed by atoms with Crippen LogP contribution in [0.25, 0.3) is 0 Å². The molecular formula is C11H25NO. The van der Waals surface area contributed by atoms with Gasteiger partial charge in [-0.2, -0.15) is 0 Å². The number of hydrogen-bond acceptors (Lipinski definition) is 2. The van der Waals surface area contributed by atoms with Gasteiger partial charge < -0.3 is 10.5 Å². The largest absolute Gasteiger partial charge is 0.380 e. The molecule has 80 valence electrons. The Morgan fingerprint density at radius 3 is 2.15 bits per heavy atom. The van der Waals surface area contributed by atoms with Crippen LogP contribution in [0.2, 0.25) is 0 Å². The van der Waals surface area contributed by atoms with E-state index in [0.29, 0.717) is 17.9 Å². The van der Waals surface area contributed by atoms with Crippen LogP contribution in [0, 0.1) is 11.3 Å². The lowest BCUT2D eigenvalue weighted by atomic mass is 9.93. The van der Waals surface area contributed by atoms with E-state index in [1.165, 1.54) is 0 Å². The van der Waals surface area contributed by atoms with Crippen LogP contribution in [-0.2, 0) is 4.74 Å². The molecule has 1 atom stereocenters. The van der Waals surface area contributed by atoms with Crippen molar-refractivity contribution in [3.05, 3.63) is 0 Å². The van der Waals surface area contributed by atoms with E-state index in [-0.39, 0.29) is 6.04 Å². The minimum absolute atomic E-state index is 0.181. The van der Waals surface area contributed by atoms with Crippen molar-refractivity contribution in [3.63, 3.8) is 0 Å². The first-order chi connectivity index (χ1) is 5.83. The Balaban J connectivity index is 3.36. The molecule has 0 amide bonds. The van der Waals surface area contributed by atoms with E-state index in [9.17, 15) is 0 Å². The maximum Gasteiger partial charge on any atom is 0.0619 e. The van der Waals surface area contributed by atoms with Crippen molar-refractivity contribution >= 4 is 0 Å². The van der Waals surface area contributed by atoms with Crippen LogP contribution in [0.3, 0.4) is 0 Å². The van der Waals surface area contributed by atoms with Crippen molar-refractivity contribution in [2.24, 2.45) is 17.1 Å². The first kappa shape index (κ1) is 12.9. The third-order valence-electron chi connectivity index (χ3n) is 2.16. The monoisotopic (exact) mass is 187 g/mol. The van der Waals surface area contributed by atoms with E-state index in [0.717, 1.165) is 13.0 Å². The molecule has 0 saturated carbocycles. The molecule has 1 unspecified atom stereocenters. The zero-order valence-electron chi connectivity index (χ0n) is 9.76. The standard InChI is InChI=1S/C11H25NO/c1-9(2)10(12)8-13-7-6-11(3,4)5/h9-10H,6-8,12H2,1-5H3. The summed E-state index contributed by atoms with van der Waals surface area (Å²) < 4.78 is 5.51. The maximum absolute atomic E-state index is 5.84. The number of ether oxygens (including phenoxy) is 1. The summed E-state index contributed by atoms with van der Waals surface area (Å²) in [5.41, 5.74) is 6.20. The zero-order chi connectivity index (χ0) is 10.5. The third-order valence-corrected chi connectivity index (χ3v) is 2.16. The Hall–Kier alpha value is -0.0800. The van der Waals surface area contributed by atoms with Crippen LogP contribution in [0.4, 0.5) is 0 Å². The first-order valence-corrected chi connectivity index (χ1v) is 5.16.